The quantitative estimate of drug-likeness (QED) is 0.482. The molecule has 0 spiro atoms. The molecule has 8 heteroatoms. The zero-order valence-electron chi connectivity index (χ0n) is 13.2. The number of rotatable bonds is 5. The van der Waals surface area contributed by atoms with E-state index in [-0.39, 0.29) is 12.3 Å². The average molecular weight is 419 g/mol. The minimum atomic E-state index is -0.763. The molecule has 0 aliphatic rings. The number of carbonyl (C=O) groups excluding carboxylic acids is 1. The Kier molecular flexibility index (Phi) is 5.13. The number of hydrogen-bond acceptors (Lipinski definition) is 4. The summed E-state index contributed by atoms with van der Waals surface area (Å²) in [4.78, 5) is 22.2. The molecule has 0 fully saturated rings. The Balaban J connectivity index is 1.68. The lowest BCUT2D eigenvalue weighted by atomic mass is 10.1. The lowest BCUT2D eigenvalue weighted by Crippen LogP contribution is -2.20. The van der Waals surface area contributed by atoms with E-state index in [1.165, 1.54) is 0 Å². The predicted molar refractivity (Wildman–Crippen MR) is 98.8 cm³/mol. The zero-order valence-corrected chi connectivity index (χ0v) is 14.8. The highest BCUT2D eigenvalue weighted by Crippen LogP contribution is 2.26. The van der Waals surface area contributed by atoms with Crippen LogP contribution in [0, 0.1) is 15.9 Å². The van der Waals surface area contributed by atoms with E-state index in [1.807, 2.05) is 24.3 Å². The first-order chi connectivity index (χ1) is 12.4. The molecule has 0 atom stereocenters. The van der Waals surface area contributed by atoms with Crippen molar-refractivity contribution >= 4 is 44.0 Å². The highest BCUT2D eigenvalue weighted by Gasteiger charge is 2.17. The van der Waals surface area contributed by atoms with Crippen LogP contribution in [0.2, 0.25) is 0 Å². The molecule has 0 saturated heterocycles. The van der Waals surface area contributed by atoms with Gasteiger partial charge in [0.1, 0.15) is 17.3 Å². The predicted octanol–water partition coefficient (Wildman–Crippen LogP) is 4.67. The van der Waals surface area contributed by atoms with Gasteiger partial charge in [-0.1, -0.05) is 28.1 Å². The van der Waals surface area contributed by atoms with Crippen LogP contribution in [0.3, 0.4) is 0 Å². The summed E-state index contributed by atoms with van der Waals surface area (Å²) in [5.41, 5.74) is -0.608. The fraction of sp³-hybridized carbons (Fsp3) is 0.0556. The fourth-order valence-electron chi connectivity index (χ4n) is 2.38. The zero-order chi connectivity index (χ0) is 18.7. The number of amides is 1. The van der Waals surface area contributed by atoms with Gasteiger partial charge < -0.3 is 10.1 Å². The van der Waals surface area contributed by atoms with Crippen LogP contribution in [0.25, 0.3) is 10.8 Å². The number of benzene rings is 3. The number of anilines is 1. The van der Waals surface area contributed by atoms with Gasteiger partial charge in [-0.05, 0) is 47.2 Å². The molecule has 0 radical (unpaired) electrons. The summed E-state index contributed by atoms with van der Waals surface area (Å²) in [5, 5.41) is 15.2. The number of carbonyl (C=O) groups is 1. The number of fused-ring (bicyclic) bond motifs is 1. The number of ether oxygens (including phenoxy) is 1. The second-order valence-electron chi connectivity index (χ2n) is 5.41. The molecule has 3 aromatic carbocycles. The molecular weight excluding hydrogens is 407 g/mol. The second-order valence-corrected chi connectivity index (χ2v) is 6.32. The topological polar surface area (TPSA) is 81.5 Å². The monoisotopic (exact) mass is 418 g/mol. The van der Waals surface area contributed by atoms with E-state index in [4.69, 9.17) is 4.74 Å². The van der Waals surface area contributed by atoms with Crippen molar-refractivity contribution in [1.82, 2.24) is 0 Å². The molecule has 132 valence electrons. The maximum absolute atomic E-state index is 13.1. The summed E-state index contributed by atoms with van der Waals surface area (Å²) in [6, 6.07) is 14.1. The average Bonchev–Trinajstić information content (AvgIpc) is 2.61. The molecule has 6 nitrogen and oxygen atoms in total. The fourth-order valence-corrected chi connectivity index (χ4v) is 2.76. The Labute approximate surface area is 155 Å². The Morgan fingerprint density at radius 1 is 1.12 bits per heavy atom. The smallest absolute Gasteiger partial charge is 0.295 e. The van der Waals surface area contributed by atoms with E-state index >= 15 is 0 Å². The molecular formula is C18H12BrFN2O4. The van der Waals surface area contributed by atoms with Crippen molar-refractivity contribution in [1.29, 1.82) is 0 Å². The van der Waals surface area contributed by atoms with Crippen molar-refractivity contribution in [2.24, 2.45) is 0 Å². The molecule has 0 aliphatic heterocycles. The number of nitrogens with one attached hydrogen (secondary N) is 1. The number of halogens is 2. The van der Waals surface area contributed by atoms with E-state index in [1.54, 1.807) is 12.1 Å². The van der Waals surface area contributed by atoms with E-state index in [9.17, 15) is 19.3 Å². The third kappa shape index (κ3) is 4.15. The van der Waals surface area contributed by atoms with Crippen LogP contribution < -0.4 is 10.1 Å². The first kappa shape index (κ1) is 17.8. The highest BCUT2D eigenvalue weighted by molar-refractivity contribution is 9.10. The largest absolute Gasteiger partial charge is 0.484 e. The van der Waals surface area contributed by atoms with E-state index in [0.29, 0.717) is 5.75 Å². The number of nitro benzene ring substituents is 1. The van der Waals surface area contributed by atoms with Crippen LogP contribution in [0.5, 0.6) is 5.75 Å². The highest BCUT2D eigenvalue weighted by atomic mass is 79.9. The maximum atomic E-state index is 13.1. The van der Waals surface area contributed by atoms with E-state index in [0.717, 1.165) is 33.4 Å². The lowest BCUT2D eigenvalue weighted by Gasteiger charge is -2.09. The summed E-state index contributed by atoms with van der Waals surface area (Å²) < 4.78 is 19.5. The number of nitro groups is 1. The Morgan fingerprint density at radius 3 is 2.62 bits per heavy atom. The van der Waals surface area contributed by atoms with Gasteiger partial charge >= 0.3 is 0 Å². The summed E-state index contributed by atoms with van der Waals surface area (Å²) in [7, 11) is 0. The van der Waals surface area contributed by atoms with Gasteiger partial charge in [-0.15, -0.1) is 0 Å². The van der Waals surface area contributed by atoms with Gasteiger partial charge in [-0.3, -0.25) is 14.9 Å². The van der Waals surface area contributed by atoms with Crippen LogP contribution in [-0.2, 0) is 4.79 Å². The van der Waals surface area contributed by atoms with Gasteiger partial charge in [0.2, 0.25) is 0 Å². The lowest BCUT2D eigenvalue weighted by molar-refractivity contribution is -0.384. The first-order valence-electron chi connectivity index (χ1n) is 7.48. The molecule has 0 saturated carbocycles. The third-order valence-electron chi connectivity index (χ3n) is 3.57. The molecule has 1 N–H and O–H groups in total. The van der Waals surface area contributed by atoms with Crippen LogP contribution in [0.4, 0.5) is 15.8 Å². The van der Waals surface area contributed by atoms with Gasteiger partial charge in [-0.2, -0.15) is 0 Å². The Hall–Kier alpha value is -3.00. The van der Waals surface area contributed by atoms with Gasteiger partial charge in [0, 0.05) is 4.47 Å². The molecule has 0 unspecified atom stereocenters. The molecule has 3 rings (SSSR count). The third-order valence-corrected chi connectivity index (χ3v) is 4.07. The van der Waals surface area contributed by atoms with Crippen LogP contribution in [0.1, 0.15) is 0 Å². The van der Waals surface area contributed by atoms with E-state index in [2.05, 4.69) is 21.2 Å². The van der Waals surface area contributed by atoms with Gasteiger partial charge in [0.05, 0.1) is 11.0 Å². The minimum Gasteiger partial charge on any atom is -0.484 e. The summed E-state index contributed by atoms with van der Waals surface area (Å²) in [6.07, 6.45) is 0. The van der Waals surface area contributed by atoms with Crippen molar-refractivity contribution in [3.63, 3.8) is 0 Å². The molecule has 0 heterocycles. The van der Waals surface area contributed by atoms with Gasteiger partial charge in [0.25, 0.3) is 11.6 Å². The Morgan fingerprint density at radius 2 is 1.85 bits per heavy atom. The number of nitrogens with zero attached hydrogens (tertiary/aromatic N) is 1. The van der Waals surface area contributed by atoms with Gasteiger partial charge in [0.15, 0.2) is 6.61 Å². The SMILES string of the molecule is O=C(COc1ccc2cc(Br)ccc2c1)Nc1ccc(F)cc1[N+](=O)[O-]. The molecule has 1 amide bonds. The van der Waals surface area contributed by atoms with Crippen LogP contribution >= 0.6 is 15.9 Å². The number of hydrogen-bond donors (Lipinski definition) is 1. The summed E-state index contributed by atoms with van der Waals surface area (Å²) in [5.74, 6) is -0.854. The summed E-state index contributed by atoms with van der Waals surface area (Å²) in [6.45, 7) is -0.337. The molecule has 0 bridgehead atoms. The Bertz CT molecular complexity index is 1010. The van der Waals surface area contributed by atoms with Crippen LogP contribution in [0.15, 0.2) is 59.1 Å². The molecule has 0 aliphatic carbocycles. The second kappa shape index (κ2) is 7.49. The van der Waals surface area contributed by atoms with Crippen molar-refractivity contribution < 1.29 is 18.8 Å². The van der Waals surface area contributed by atoms with Crippen molar-refractivity contribution in [2.45, 2.75) is 0 Å². The summed E-state index contributed by atoms with van der Waals surface area (Å²) >= 11 is 3.40. The maximum Gasteiger partial charge on any atom is 0.295 e. The van der Waals surface area contributed by atoms with Crippen molar-refractivity contribution in [2.75, 3.05) is 11.9 Å². The van der Waals surface area contributed by atoms with Gasteiger partial charge in [-0.25, -0.2) is 4.39 Å². The molecule has 0 aromatic heterocycles. The normalized spacial score (nSPS) is 10.5. The van der Waals surface area contributed by atoms with Crippen LogP contribution in [-0.4, -0.2) is 17.4 Å². The van der Waals surface area contributed by atoms with E-state index < -0.39 is 22.3 Å². The molecule has 3 aromatic rings. The minimum absolute atomic E-state index is 0.0895. The standard InChI is InChI=1S/C18H12BrFN2O4/c19-13-3-1-12-8-15(5-2-11(12)7-13)26-10-18(23)21-16-6-4-14(20)9-17(16)22(24)25/h1-9H,10H2,(H,21,23). The molecule has 26 heavy (non-hydrogen) atoms. The van der Waals surface area contributed by atoms with Crippen molar-refractivity contribution in [3.05, 3.63) is 75.0 Å². The van der Waals surface area contributed by atoms with Crippen molar-refractivity contribution in [3.8, 4) is 5.75 Å². The first-order valence-corrected chi connectivity index (χ1v) is 8.27.